The van der Waals surface area contributed by atoms with E-state index in [1.165, 1.54) is 0 Å². The summed E-state index contributed by atoms with van der Waals surface area (Å²) in [5.41, 5.74) is 0.949. The Hall–Kier alpha value is -0.865. The third-order valence-electron chi connectivity index (χ3n) is 1.67. The molecule has 0 amide bonds. The van der Waals surface area contributed by atoms with Crippen molar-refractivity contribution in [3.63, 3.8) is 0 Å². The van der Waals surface area contributed by atoms with Gasteiger partial charge in [-0.25, -0.2) is 0 Å². The van der Waals surface area contributed by atoms with Crippen LogP contribution in [-0.2, 0) is 9.69 Å². The molecule has 0 N–H and O–H groups in total. The van der Waals surface area contributed by atoms with Crippen LogP contribution in [0.5, 0.6) is 0 Å². The molecule has 0 unspecified atom stereocenters. The molecule has 0 aromatic carbocycles. The van der Waals surface area contributed by atoms with Gasteiger partial charge in [0.25, 0.3) is 0 Å². The van der Waals surface area contributed by atoms with Crippen LogP contribution in [0.15, 0.2) is 24.4 Å². The minimum atomic E-state index is 0.0381. The largest absolute Gasteiger partial charge is 0.393 e. The molecule has 0 aliphatic carbocycles. The monoisotopic (exact) mass is 149 g/mol. The smallest absolute Gasteiger partial charge is 0.297 e. The lowest BCUT2D eigenvalue weighted by atomic mass is 9.62. The van der Waals surface area contributed by atoms with Gasteiger partial charge in [-0.15, -0.1) is 0 Å². The number of pyridine rings is 1. The van der Waals surface area contributed by atoms with Gasteiger partial charge in [-0.1, -0.05) is 6.07 Å². The van der Waals surface area contributed by atoms with Crippen molar-refractivity contribution in [2.75, 3.05) is 6.61 Å². The van der Waals surface area contributed by atoms with Crippen LogP contribution in [0.1, 0.15) is 0 Å². The van der Waals surface area contributed by atoms with E-state index >= 15 is 0 Å². The minimum absolute atomic E-state index is 0.0381. The van der Waals surface area contributed by atoms with Gasteiger partial charge in [0.15, 0.2) is 0 Å². The Bertz CT molecular complexity index is 223. The van der Waals surface area contributed by atoms with Crippen LogP contribution >= 0.6 is 0 Å². The average Bonchev–Trinajstić information content (AvgIpc) is 2.58. The maximum atomic E-state index is 4.98. The molecular weight excluding hydrogens is 141 g/mol. The second-order valence-corrected chi connectivity index (χ2v) is 2.45. The number of nitrogens with zero attached hydrogens (tertiary/aromatic N) is 1. The molecule has 2 heterocycles. The first-order valence-corrected chi connectivity index (χ1v) is 3.66. The summed E-state index contributed by atoms with van der Waals surface area (Å²) in [6.07, 6.45) is 2.66. The number of rotatable bonds is 1. The fourth-order valence-electron chi connectivity index (χ4n) is 1.10. The molecule has 11 heavy (non-hydrogen) atoms. The molecular formula is C7H8BNO2. The summed E-state index contributed by atoms with van der Waals surface area (Å²) in [5, 5.41) is 0. The second kappa shape index (κ2) is 3.03. The second-order valence-electron chi connectivity index (χ2n) is 2.45. The highest BCUT2D eigenvalue weighted by Crippen LogP contribution is 2.04. The molecule has 1 aliphatic heterocycles. The molecule has 0 saturated carbocycles. The lowest BCUT2D eigenvalue weighted by molar-refractivity contribution is -0.184. The molecule has 56 valence electrons. The van der Waals surface area contributed by atoms with E-state index in [1.807, 2.05) is 18.2 Å². The van der Waals surface area contributed by atoms with Crippen LogP contribution in [-0.4, -0.2) is 18.5 Å². The number of aromatic nitrogens is 1. The van der Waals surface area contributed by atoms with E-state index in [0.29, 0.717) is 6.61 Å². The van der Waals surface area contributed by atoms with Crippen LogP contribution in [0.3, 0.4) is 0 Å². The molecule has 1 aliphatic rings. The molecule has 1 aromatic heterocycles. The van der Waals surface area contributed by atoms with E-state index in [1.54, 1.807) is 6.20 Å². The Morgan fingerprint density at radius 1 is 1.45 bits per heavy atom. The quantitative estimate of drug-likeness (QED) is 0.423. The first-order valence-electron chi connectivity index (χ1n) is 3.66. The Labute approximate surface area is 65.4 Å². The van der Waals surface area contributed by atoms with Gasteiger partial charge in [-0.05, 0) is 18.5 Å². The zero-order chi connectivity index (χ0) is 7.52. The summed E-state index contributed by atoms with van der Waals surface area (Å²) in [6.45, 7) is 0.706. The first kappa shape index (κ1) is 6.82. The zero-order valence-electron chi connectivity index (χ0n) is 6.06. The number of hydrogen-bond acceptors (Lipinski definition) is 3. The standard InChI is InChI=1S/C7H8BNO2/c1-2-5-9-7(3-1)8-4-6-10-11-8/h1-3,5H,4,6H2. The molecule has 0 spiro atoms. The Balaban J connectivity index is 2.16. The van der Waals surface area contributed by atoms with Gasteiger partial charge in [0, 0.05) is 11.8 Å². The van der Waals surface area contributed by atoms with Gasteiger partial charge in [0.2, 0.25) is 0 Å². The fourth-order valence-corrected chi connectivity index (χ4v) is 1.10. The lowest BCUT2D eigenvalue weighted by Crippen LogP contribution is -2.31. The summed E-state index contributed by atoms with van der Waals surface area (Å²) < 4.78 is 0. The topological polar surface area (TPSA) is 31.4 Å². The minimum Gasteiger partial charge on any atom is -0.297 e. The number of hydrogen-bond donors (Lipinski definition) is 0. The molecule has 0 radical (unpaired) electrons. The maximum absolute atomic E-state index is 4.98. The van der Waals surface area contributed by atoms with Crippen molar-refractivity contribution in [1.82, 2.24) is 4.98 Å². The molecule has 1 aromatic rings. The van der Waals surface area contributed by atoms with Gasteiger partial charge < -0.3 is 0 Å². The van der Waals surface area contributed by atoms with Crippen LogP contribution in [0.25, 0.3) is 0 Å². The Kier molecular flexibility index (Phi) is 1.88. The molecule has 2 rings (SSSR count). The van der Waals surface area contributed by atoms with Crippen molar-refractivity contribution in [2.24, 2.45) is 0 Å². The lowest BCUT2D eigenvalue weighted by Gasteiger charge is -1.99. The van der Waals surface area contributed by atoms with Crippen molar-refractivity contribution < 1.29 is 9.69 Å². The highest BCUT2D eigenvalue weighted by molar-refractivity contribution is 6.66. The van der Waals surface area contributed by atoms with E-state index in [-0.39, 0.29) is 6.92 Å². The summed E-state index contributed by atoms with van der Waals surface area (Å²) in [5.74, 6) is 0. The Morgan fingerprint density at radius 2 is 2.45 bits per heavy atom. The van der Waals surface area contributed by atoms with Crippen LogP contribution in [0.4, 0.5) is 0 Å². The predicted molar refractivity (Wildman–Crippen MR) is 41.5 cm³/mol. The summed E-state index contributed by atoms with van der Waals surface area (Å²) >= 11 is 0. The average molecular weight is 149 g/mol. The van der Waals surface area contributed by atoms with Gasteiger partial charge in [-0.3, -0.25) is 14.7 Å². The SMILES string of the molecule is c1ccc(B2CCOO2)nc1. The zero-order valence-corrected chi connectivity index (χ0v) is 6.06. The van der Waals surface area contributed by atoms with Crippen molar-refractivity contribution >= 4 is 12.5 Å². The van der Waals surface area contributed by atoms with E-state index in [9.17, 15) is 0 Å². The van der Waals surface area contributed by atoms with Gasteiger partial charge >= 0.3 is 6.92 Å². The van der Waals surface area contributed by atoms with Crippen molar-refractivity contribution in [3.8, 4) is 0 Å². The third-order valence-corrected chi connectivity index (χ3v) is 1.67. The van der Waals surface area contributed by atoms with Crippen LogP contribution in [0.2, 0.25) is 6.32 Å². The summed E-state index contributed by atoms with van der Waals surface area (Å²) in [7, 11) is 0. The molecule has 0 bridgehead atoms. The molecule has 1 saturated heterocycles. The summed E-state index contributed by atoms with van der Waals surface area (Å²) in [4.78, 5) is 13.9. The normalized spacial score (nSPS) is 17.3. The maximum Gasteiger partial charge on any atom is 0.393 e. The van der Waals surface area contributed by atoms with E-state index in [2.05, 4.69) is 4.98 Å². The van der Waals surface area contributed by atoms with Crippen molar-refractivity contribution in [2.45, 2.75) is 6.32 Å². The molecule has 4 heteroatoms. The molecule has 1 fully saturated rings. The van der Waals surface area contributed by atoms with Gasteiger partial charge in [0.1, 0.15) is 0 Å². The van der Waals surface area contributed by atoms with Crippen LogP contribution in [0, 0.1) is 0 Å². The van der Waals surface area contributed by atoms with E-state index < -0.39 is 0 Å². The van der Waals surface area contributed by atoms with Crippen LogP contribution < -0.4 is 5.59 Å². The Morgan fingerprint density at radius 3 is 3.09 bits per heavy atom. The van der Waals surface area contributed by atoms with Crippen molar-refractivity contribution in [1.29, 1.82) is 0 Å². The van der Waals surface area contributed by atoms with E-state index in [0.717, 1.165) is 11.9 Å². The predicted octanol–water partition coefficient (Wildman–Crippen LogP) is 0.242. The first-order chi connectivity index (χ1) is 5.47. The fraction of sp³-hybridized carbons (Fsp3) is 0.286. The highest BCUT2D eigenvalue weighted by atomic mass is 17.2. The summed E-state index contributed by atoms with van der Waals surface area (Å²) in [6, 6.07) is 5.78. The van der Waals surface area contributed by atoms with Gasteiger partial charge in [0.05, 0.1) is 6.61 Å². The van der Waals surface area contributed by atoms with Gasteiger partial charge in [-0.2, -0.15) is 0 Å². The molecule has 3 nitrogen and oxygen atoms in total. The van der Waals surface area contributed by atoms with Crippen molar-refractivity contribution in [3.05, 3.63) is 24.4 Å². The molecule has 0 atom stereocenters. The third kappa shape index (κ3) is 1.41. The highest BCUT2D eigenvalue weighted by Gasteiger charge is 2.26. The van der Waals surface area contributed by atoms with E-state index in [4.69, 9.17) is 9.69 Å².